The topological polar surface area (TPSA) is 68.8 Å². The van der Waals surface area contributed by atoms with Crippen molar-refractivity contribution in [2.24, 2.45) is 5.92 Å². The fourth-order valence-corrected chi connectivity index (χ4v) is 1.75. The van der Waals surface area contributed by atoms with Gasteiger partial charge in [-0.15, -0.1) is 0 Å². The van der Waals surface area contributed by atoms with Gasteiger partial charge in [0.05, 0.1) is 27.9 Å². The third-order valence-electron chi connectivity index (χ3n) is 2.83. The predicted octanol–water partition coefficient (Wildman–Crippen LogP) is 1.90. The van der Waals surface area contributed by atoms with Gasteiger partial charge in [-0.2, -0.15) is 0 Å². The molecule has 0 atom stereocenters. The van der Waals surface area contributed by atoms with Gasteiger partial charge >= 0.3 is 0 Å². The molecule has 0 saturated heterocycles. The van der Waals surface area contributed by atoms with Crippen LogP contribution in [0, 0.1) is 5.92 Å². The van der Waals surface area contributed by atoms with Crippen molar-refractivity contribution in [2.45, 2.75) is 13.8 Å². The molecule has 0 fully saturated rings. The number of hydrogen-bond acceptors (Lipinski definition) is 5. The lowest BCUT2D eigenvalue weighted by atomic mass is 10.2. The third kappa shape index (κ3) is 5.06. The van der Waals surface area contributed by atoms with E-state index < -0.39 is 0 Å². The molecule has 0 radical (unpaired) electrons. The number of anilines is 1. The van der Waals surface area contributed by atoms with Crippen LogP contribution in [0.3, 0.4) is 0 Å². The molecule has 0 bridgehead atoms. The average molecular weight is 296 g/mol. The molecule has 1 rings (SSSR count). The number of carbonyl (C=O) groups is 1. The molecule has 6 nitrogen and oxygen atoms in total. The van der Waals surface area contributed by atoms with Crippen molar-refractivity contribution < 1.29 is 19.0 Å². The monoisotopic (exact) mass is 296 g/mol. The van der Waals surface area contributed by atoms with Gasteiger partial charge in [0.2, 0.25) is 11.7 Å². The van der Waals surface area contributed by atoms with Crippen molar-refractivity contribution in [1.29, 1.82) is 0 Å². The van der Waals surface area contributed by atoms with Crippen LogP contribution in [0.2, 0.25) is 0 Å². The van der Waals surface area contributed by atoms with Gasteiger partial charge in [-0.1, -0.05) is 13.8 Å². The van der Waals surface area contributed by atoms with Gasteiger partial charge in [0, 0.05) is 24.4 Å². The van der Waals surface area contributed by atoms with Crippen molar-refractivity contribution in [3.8, 4) is 17.2 Å². The van der Waals surface area contributed by atoms with E-state index in [1.165, 1.54) is 0 Å². The maximum absolute atomic E-state index is 11.7. The SMILES string of the molecule is COc1cc(NCC(=O)NCC(C)C)cc(OC)c1OC. The van der Waals surface area contributed by atoms with Crippen molar-refractivity contribution >= 4 is 11.6 Å². The quantitative estimate of drug-likeness (QED) is 0.767. The second kappa shape index (κ2) is 8.24. The van der Waals surface area contributed by atoms with Crippen LogP contribution in [-0.4, -0.2) is 40.3 Å². The van der Waals surface area contributed by atoms with E-state index in [2.05, 4.69) is 10.6 Å². The minimum absolute atomic E-state index is 0.0579. The van der Waals surface area contributed by atoms with Crippen LogP contribution in [0.25, 0.3) is 0 Å². The van der Waals surface area contributed by atoms with Gasteiger partial charge in [0.25, 0.3) is 0 Å². The maximum atomic E-state index is 11.7. The normalized spacial score (nSPS) is 10.2. The Morgan fingerprint density at radius 1 is 1.10 bits per heavy atom. The molecule has 0 aliphatic carbocycles. The molecular formula is C15H24N2O4. The highest BCUT2D eigenvalue weighted by Gasteiger charge is 2.13. The van der Waals surface area contributed by atoms with Crippen LogP contribution in [0.15, 0.2) is 12.1 Å². The Bertz CT molecular complexity index is 450. The van der Waals surface area contributed by atoms with E-state index in [1.807, 2.05) is 13.8 Å². The lowest BCUT2D eigenvalue weighted by Gasteiger charge is -2.15. The molecule has 1 aromatic rings. The summed E-state index contributed by atoms with van der Waals surface area (Å²) in [6.07, 6.45) is 0. The first-order valence-corrected chi connectivity index (χ1v) is 6.82. The van der Waals surface area contributed by atoms with Crippen molar-refractivity contribution in [3.05, 3.63) is 12.1 Å². The molecule has 0 saturated carbocycles. The lowest BCUT2D eigenvalue weighted by molar-refractivity contribution is -0.119. The van der Waals surface area contributed by atoms with Gasteiger partial charge in [-0.3, -0.25) is 4.79 Å². The molecule has 0 aliphatic heterocycles. The maximum Gasteiger partial charge on any atom is 0.239 e. The Balaban J connectivity index is 2.73. The van der Waals surface area contributed by atoms with Gasteiger partial charge in [-0.05, 0) is 5.92 Å². The molecule has 0 aliphatic rings. The van der Waals surface area contributed by atoms with Crippen LogP contribution in [0.1, 0.15) is 13.8 Å². The van der Waals surface area contributed by atoms with Crippen molar-refractivity contribution in [3.63, 3.8) is 0 Å². The summed E-state index contributed by atoms with van der Waals surface area (Å²) >= 11 is 0. The van der Waals surface area contributed by atoms with E-state index in [9.17, 15) is 4.79 Å². The van der Waals surface area contributed by atoms with Gasteiger partial charge in [-0.25, -0.2) is 0 Å². The van der Waals surface area contributed by atoms with Crippen molar-refractivity contribution in [2.75, 3.05) is 39.7 Å². The number of methoxy groups -OCH3 is 3. The minimum atomic E-state index is -0.0579. The first-order valence-electron chi connectivity index (χ1n) is 6.82. The van der Waals surface area contributed by atoms with Crippen LogP contribution >= 0.6 is 0 Å². The number of carbonyl (C=O) groups excluding carboxylic acids is 1. The van der Waals surface area contributed by atoms with E-state index in [0.29, 0.717) is 29.7 Å². The number of amides is 1. The summed E-state index contributed by atoms with van der Waals surface area (Å²) < 4.78 is 15.8. The predicted molar refractivity (Wildman–Crippen MR) is 82.4 cm³/mol. The second-order valence-corrected chi connectivity index (χ2v) is 4.97. The number of rotatable bonds is 8. The largest absolute Gasteiger partial charge is 0.493 e. The van der Waals surface area contributed by atoms with E-state index in [1.54, 1.807) is 33.5 Å². The third-order valence-corrected chi connectivity index (χ3v) is 2.83. The van der Waals surface area contributed by atoms with Gasteiger partial charge < -0.3 is 24.8 Å². The standard InChI is InChI=1S/C15H24N2O4/c1-10(2)8-17-14(18)9-16-11-6-12(19-3)15(21-5)13(7-11)20-4/h6-7,10,16H,8-9H2,1-5H3,(H,17,18). The summed E-state index contributed by atoms with van der Waals surface area (Å²) in [5, 5.41) is 5.88. The van der Waals surface area contributed by atoms with Crippen LogP contribution in [0.5, 0.6) is 17.2 Å². The Morgan fingerprint density at radius 3 is 2.10 bits per heavy atom. The van der Waals surface area contributed by atoms with Crippen LogP contribution < -0.4 is 24.8 Å². The van der Waals surface area contributed by atoms with E-state index in [0.717, 1.165) is 5.69 Å². The zero-order valence-electron chi connectivity index (χ0n) is 13.3. The Kier molecular flexibility index (Phi) is 6.65. The molecule has 0 spiro atoms. The van der Waals surface area contributed by atoms with Gasteiger partial charge in [0.1, 0.15) is 0 Å². The lowest BCUT2D eigenvalue weighted by Crippen LogP contribution is -2.32. The van der Waals surface area contributed by atoms with E-state index >= 15 is 0 Å². The zero-order valence-corrected chi connectivity index (χ0v) is 13.3. The van der Waals surface area contributed by atoms with Crippen LogP contribution in [-0.2, 0) is 4.79 Å². The van der Waals surface area contributed by atoms with Crippen LogP contribution in [0.4, 0.5) is 5.69 Å². The number of benzene rings is 1. The highest BCUT2D eigenvalue weighted by atomic mass is 16.5. The van der Waals surface area contributed by atoms with E-state index in [4.69, 9.17) is 14.2 Å². The first kappa shape index (κ1) is 16.9. The molecule has 118 valence electrons. The molecule has 1 amide bonds. The molecule has 0 unspecified atom stereocenters. The average Bonchev–Trinajstić information content (AvgIpc) is 2.49. The smallest absolute Gasteiger partial charge is 0.239 e. The number of nitrogens with one attached hydrogen (secondary N) is 2. The highest BCUT2D eigenvalue weighted by Crippen LogP contribution is 2.39. The molecule has 2 N–H and O–H groups in total. The molecule has 6 heteroatoms. The summed E-state index contributed by atoms with van der Waals surface area (Å²) in [4.78, 5) is 11.7. The van der Waals surface area contributed by atoms with Crippen molar-refractivity contribution in [1.82, 2.24) is 5.32 Å². The zero-order chi connectivity index (χ0) is 15.8. The first-order chi connectivity index (χ1) is 10.0. The molecule has 0 heterocycles. The number of hydrogen-bond donors (Lipinski definition) is 2. The number of ether oxygens (including phenoxy) is 3. The molecular weight excluding hydrogens is 272 g/mol. The fraction of sp³-hybridized carbons (Fsp3) is 0.533. The molecule has 0 aromatic heterocycles. The molecule has 1 aromatic carbocycles. The fourth-order valence-electron chi connectivity index (χ4n) is 1.75. The highest BCUT2D eigenvalue weighted by molar-refractivity contribution is 5.81. The second-order valence-electron chi connectivity index (χ2n) is 4.97. The summed E-state index contributed by atoms with van der Waals surface area (Å²) in [5.41, 5.74) is 0.726. The summed E-state index contributed by atoms with van der Waals surface area (Å²) in [6.45, 7) is 4.95. The van der Waals surface area contributed by atoms with Gasteiger partial charge in [0.15, 0.2) is 11.5 Å². The Hall–Kier alpha value is -2.11. The Morgan fingerprint density at radius 2 is 1.67 bits per heavy atom. The summed E-state index contributed by atoms with van der Waals surface area (Å²) in [7, 11) is 4.65. The Labute approximate surface area is 125 Å². The van der Waals surface area contributed by atoms with E-state index in [-0.39, 0.29) is 12.5 Å². The molecule has 21 heavy (non-hydrogen) atoms. The summed E-state index contributed by atoms with van der Waals surface area (Å²) in [5.74, 6) is 1.98. The summed E-state index contributed by atoms with van der Waals surface area (Å²) in [6, 6.07) is 3.52. The minimum Gasteiger partial charge on any atom is -0.493 e.